The molecule has 11 heteroatoms. The fourth-order valence-electron chi connectivity index (χ4n) is 3.57. The Morgan fingerprint density at radius 2 is 1.40 bits per heavy atom. The molecule has 0 unspecified atom stereocenters. The number of ether oxygens (including phenoxy) is 3. The van der Waals surface area contributed by atoms with E-state index in [1.807, 2.05) is 57.2 Å². The van der Waals surface area contributed by atoms with Crippen molar-refractivity contribution >= 4 is 23.5 Å². The van der Waals surface area contributed by atoms with Crippen LogP contribution in [0.3, 0.4) is 0 Å². The van der Waals surface area contributed by atoms with Crippen molar-refractivity contribution in [3.63, 3.8) is 0 Å². The number of hydrogen-bond acceptors (Lipinski definition) is 8. The lowest BCUT2D eigenvalue weighted by Crippen LogP contribution is -2.46. The smallest absolute Gasteiger partial charge is 0.251 e. The van der Waals surface area contributed by atoms with E-state index in [0.29, 0.717) is 23.0 Å². The molecule has 0 radical (unpaired) electrons. The van der Waals surface area contributed by atoms with Crippen molar-refractivity contribution in [3.8, 4) is 34.1 Å². The van der Waals surface area contributed by atoms with Crippen LogP contribution in [-0.4, -0.2) is 79.2 Å². The highest BCUT2D eigenvalue weighted by molar-refractivity contribution is 5.92. The number of methoxy groups -OCH3 is 2. The number of rotatable bonds is 11. The zero-order valence-corrected chi connectivity index (χ0v) is 23.6. The zero-order valence-electron chi connectivity index (χ0n) is 23.6. The van der Waals surface area contributed by atoms with E-state index in [9.17, 15) is 14.4 Å². The van der Waals surface area contributed by atoms with Crippen molar-refractivity contribution in [3.05, 3.63) is 54.6 Å². The molecule has 2 aromatic carbocycles. The highest BCUT2D eigenvalue weighted by Gasteiger charge is 2.18. The number of nitrogens with zero attached hydrogens (tertiary/aromatic N) is 3. The Hall–Kier alpha value is -4.51. The number of carbonyl (C=O) groups is 3. The third-order valence-electron chi connectivity index (χ3n) is 5.51. The predicted octanol–water partition coefficient (Wildman–Crippen LogP) is 3.16. The van der Waals surface area contributed by atoms with Gasteiger partial charge in [-0.2, -0.15) is 0 Å². The Kier molecular flexibility index (Phi) is 10.2. The van der Waals surface area contributed by atoms with E-state index in [1.54, 1.807) is 32.4 Å². The quantitative estimate of drug-likeness (QED) is 0.373. The molecular weight excluding hydrogens is 514 g/mol. The molecule has 0 saturated heterocycles. The number of anilines is 1. The molecule has 0 bridgehead atoms. The monoisotopic (exact) mass is 549 g/mol. The van der Waals surface area contributed by atoms with Crippen molar-refractivity contribution in [2.24, 2.45) is 0 Å². The van der Waals surface area contributed by atoms with Gasteiger partial charge in [-0.05, 0) is 69.3 Å². The lowest BCUT2D eigenvalue weighted by molar-refractivity contribution is -0.140. The topological polar surface area (TPSA) is 132 Å². The van der Waals surface area contributed by atoms with Gasteiger partial charge in [-0.25, -0.2) is 9.97 Å². The van der Waals surface area contributed by atoms with E-state index in [-0.39, 0.29) is 31.5 Å². The van der Waals surface area contributed by atoms with Gasteiger partial charge in [-0.3, -0.25) is 14.4 Å². The summed E-state index contributed by atoms with van der Waals surface area (Å²) in [5.74, 6) is 0.846. The largest absolute Gasteiger partial charge is 0.497 e. The molecule has 0 aliphatic heterocycles. The first-order valence-electron chi connectivity index (χ1n) is 12.6. The molecule has 3 rings (SSSR count). The highest BCUT2D eigenvalue weighted by atomic mass is 16.5. The van der Waals surface area contributed by atoms with Crippen LogP contribution in [0.15, 0.2) is 54.6 Å². The van der Waals surface area contributed by atoms with Gasteiger partial charge in [0.15, 0.2) is 5.82 Å². The van der Waals surface area contributed by atoms with E-state index < -0.39 is 17.4 Å². The number of aromatic nitrogens is 2. The van der Waals surface area contributed by atoms with Crippen LogP contribution >= 0.6 is 0 Å². The van der Waals surface area contributed by atoms with Crippen LogP contribution in [0.1, 0.15) is 20.8 Å². The molecule has 0 saturated carbocycles. The standard InChI is InChI=1S/C29H35N5O6/c1-29(2,3)33-25(35)16-34(4)27(37)18-40-17-26(36)31-24-15-23(19-7-11-21(38-5)12-8-19)30-28(32-24)20-9-13-22(39-6)14-10-20/h7-15H,16-18H2,1-6H3,(H,33,35)(H,30,31,32,36). The van der Waals surface area contributed by atoms with Gasteiger partial charge in [0, 0.05) is 29.8 Å². The van der Waals surface area contributed by atoms with Crippen molar-refractivity contribution in [1.82, 2.24) is 20.2 Å². The average molecular weight is 550 g/mol. The summed E-state index contributed by atoms with van der Waals surface area (Å²) in [5, 5.41) is 5.50. The van der Waals surface area contributed by atoms with E-state index >= 15 is 0 Å². The maximum absolute atomic E-state index is 12.6. The van der Waals surface area contributed by atoms with Crippen LogP contribution in [0.2, 0.25) is 0 Å². The Morgan fingerprint density at radius 1 is 0.825 bits per heavy atom. The summed E-state index contributed by atoms with van der Waals surface area (Å²) in [5.41, 5.74) is 1.71. The fraction of sp³-hybridized carbons (Fsp3) is 0.345. The molecular formula is C29H35N5O6. The van der Waals surface area contributed by atoms with Crippen molar-refractivity contribution < 1.29 is 28.6 Å². The number of hydrogen-bond donors (Lipinski definition) is 2. The molecule has 11 nitrogen and oxygen atoms in total. The van der Waals surface area contributed by atoms with Gasteiger partial charge in [-0.1, -0.05) is 0 Å². The van der Waals surface area contributed by atoms with Gasteiger partial charge in [0.05, 0.1) is 26.5 Å². The third-order valence-corrected chi connectivity index (χ3v) is 5.51. The molecule has 3 amide bonds. The summed E-state index contributed by atoms with van der Waals surface area (Å²) in [6.45, 7) is 4.71. The Morgan fingerprint density at radius 3 is 1.95 bits per heavy atom. The minimum absolute atomic E-state index is 0.116. The van der Waals surface area contributed by atoms with Gasteiger partial charge in [0.2, 0.25) is 11.8 Å². The lowest BCUT2D eigenvalue weighted by Gasteiger charge is -2.23. The number of benzene rings is 2. The Balaban J connectivity index is 1.68. The van der Waals surface area contributed by atoms with Crippen LogP contribution in [-0.2, 0) is 19.1 Å². The normalized spacial score (nSPS) is 10.9. The van der Waals surface area contributed by atoms with E-state index in [0.717, 1.165) is 11.1 Å². The first-order valence-corrected chi connectivity index (χ1v) is 12.6. The van der Waals surface area contributed by atoms with Gasteiger partial charge >= 0.3 is 0 Å². The third kappa shape index (κ3) is 9.05. The Labute approximate surface area is 233 Å². The van der Waals surface area contributed by atoms with Crippen LogP contribution in [0.25, 0.3) is 22.6 Å². The van der Waals surface area contributed by atoms with Crippen LogP contribution < -0.4 is 20.1 Å². The molecule has 40 heavy (non-hydrogen) atoms. The second-order valence-electron chi connectivity index (χ2n) is 10.0. The van der Waals surface area contributed by atoms with Crippen molar-refractivity contribution in [2.45, 2.75) is 26.3 Å². The second-order valence-corrected chi connectivity index (χ2v) is 10.0. The van der Waals surface area contributed by atoms with Gasteiger partial charge in [-0.15, -0.1) is 0 Å². The second kappa shape index (κ2) is 13.5. The molecule has 0 fully saturated rings. The molecule has 1 aromatic heterocycles. The maximum atomic E-state index is 12.6. The summed E-state index contributed by atoms with van der Waals surface area (Å²) >= 11 is 0. The SMILES string of the molecule is COc1ccc(-c2cc(NC(=O)COCC(=O)N(C)CC(=O)NC(C)(C)C)nc(-c3ccc(OC)cc3)n2)cc1. The van der Waals surface area contributed by atoms with E-state index in [1.165, 1.54) is 11.9 Å². The molecule has 0 aliphatic carbocycles. The number of likely N-dealkylation sites (N-methyl/N-ethyl adjacent to an activating group) is 1. The van der Waals surface area contributed by atoms with Gasteiger partial charge < -0.3 is 29.7 Å². The summed E-state index contributed by atoms with van der Waals surface area (Å²) < 4.78 is 15.8. The van der Waals surface area contributed by atoms with Crippen molar-refractivity contribution in [1.29, 1.82) is 0 Å². The summed E-state index contributed by atoms with van der Waals surface area (Å²) in [6.07, 6.45) is 0. The average Bonchev–Trinajstić information content (AvgIpc) is 2.91. The molecule has 0 spiro atoms. The first-order chi connectivity index (χ1) is 19.0. The zero-order chi connectivity index (χ0) is 29.3. The van der Waals surface area contributed by atoms with E-state index in [4.69, 9.17) is 14.2 Å². The lowest BCUT2D eigenvalue weighted by atomic mass is 10.1. The van der Waals surface area contributed by atoms with Gasteiger partial charge in [0.1, 0.15) is 30.5 Å². The van der Waals surface area contributed by atoms with Gasteiger partial charge in [0.25, 0.3) is 5.91 Å². The molecule has 212 valence electrons. The number of carbonyl (C=O) groups excluding carboxylic acids is 3. The molecule has 0 aliphatic rings. The van der Waals surface area contributed by atoms with Crippen molar-refractivity contribution in [2.75, 3.05) is 46.3 Å². The van der Waals surface area contributed by atoms with Crippen LogP contribution in [0.5, 0.6) is 11.5 Å². The first kappa shape index (κ1) is 30.0. The predicted molar refractivity (Wildman–Crippen MR) is 151 cm³/mol. The minimum Gasteiger partial charge on any atom is -0.497 e. The fourth-order valence-corrected chi connectivity index (χ4v) is 3.57. The Bertz CT molecular complexity index is 1250. The maximum Gasteiger partial charge on any atom is 0.251 e. The van der Waals surface area contributed by atoms with Crippen LogP contribution in [0.4, 0.5) is 5.82 Å². The van der Waals surface area contributed by atoms with Crippen LogP contribution in [0, 0.1) is 0 Å². The summed E-state index contributed by atoms with van der Waals surface area (Å²) in [6, 6.07) is 16.2. The van der Waals surface area contributed by atoms with E-state index in [2.05, 4.69) is 20.6 Å². The highest BCUT2D eigenvalue weighted by Crippen LogP contribution is 2.27. The summed E-state index contributed by atoms with van der Waals surface area (Å²) in [4.78, 5) is 47.5. The molecule has 3 aromatic rings. The number of amides is 3. The molecule has 0 atom stereocenters. The molecule has 2 N–H and O–H groups in total. The number of nitrogens with one attached hydrogen (secondary N) is 2. The molecule has 1 heterocycles. The summed E-state index contributed by atoms with van der Waals surface area (Å²) in [7, 11) is 4.67. The minimum atomic E-state index is -0.499.